The highest BCUT2D eigenvalue weighted by Gasteiger charge is 2.18. The fourth-order valence-corrected chi connectivity index (χ4v) is 3.26. The van der Waals surface area contributed by atoms with Crippen LogP contribution in [0, 0.1) is 0 Å². The average Bonchev–Trinajstić information content (AvgIpc) is 2.61. The monoisotopic (exact) mass is 384 g/mol. The van der Waals surface area contributed by atoms with Crippen molar-refractivity contribution in [3.05, 3.63) is 28.8 Å². The zero-order chi connectivity index (χ0) is 18.2. The quantitative estimate of drug-likeness (QED) is 0.600. The molecule has 25 heavy (non-hydrogen) atoms. The summed E-state index contributed by atoms with van der Waals surface area (Å²) in [5.41, 5.74) is 0.188. The Morgan fingerprint density at radius 3 is 2.64 bits per heavy atom. The Kier molecular flexibility index (Phi) is 7.58. The van der Waals surface area contributed by atoms with Crippen LogP contribution in [0.4, 0.5) is 4.79 Å². The number of halogens is 1. The zero-order valence-electron chi connectivity index (χ0n) is 14.0. The molecule has 0 aromatic heterocycles. The number of carbonyl (C=O) groups excluding carboxylic acids is 3. The van der Waals surface area contributed by atoms with Crippen molar-refractivity contribution < 1.29 is 19.1 Å². The van der Waals surface area contributed by atoms with Gasteiger partial charge in [0.05, 0.1) is 10.6 Å². The Morgan fingerprint density at radius 2 is 1.96 bits per heavy atom. The number of rotatable bonds is 5. The number of thioether (sulfide) groups is 1. The number of ether oxygens (including phenoxy) is 1. The molecule has 1 aromatic carbocycles. The lowest BCUT2D eigenvalue weighted by atomic mass is 9.96. The predicted octanol–water partition coefficient (Wildman–Crippen LogP) is 3.38. The van der Waals surface area contributed by atoms with Gasteiger partial charge in [-0.3, -0.25) is 10.1 Å². The Balaban J connectivity index is 1.79. The molecule has 0 saturated heterocycles. The van der Waals surface area contributed by atoms with E-state index in [0.717, 1.165) is 30.6 Å². The van der Waals surface area contributed by atoms with E-state index in [2.05, 4.69) is 10.6 Å². The highest BCUT2D eigenvalue weighted by atomic mass is 35.5. The lowest BCUT2D eigenvalue weighted by Crippen LogP contribution is -2.46. The van der Waals surface area contributed by atoms with Gasteiger partial charge >= 0.3 is 12.0 Å². The van der Waals surface area contributed by atoms with E-state index in [1.54, 1.807) is 18.2 Å². The maximum absolute atomic E-state index is 12.0. The van der Waals surface area contributed by atoms with E-state index in [0.29, 0.717) is 0 Å². The number of benzene rings is 1. The molecule has 0 unspecified atom stereocenters. The Labute approximate surface area is 156 Å². The molecule has 0 spiro atoms. The second kappa shape index (κ2) is 9.68. The van der Waals surface area contributed by atoms with Crippen LogP contribution in [-0.2, 0) is 9.53 Å². The fourth-order valence-electron chi connectivity index (χ4n) is 2.63. The molecular formula is C17H21ClN2O4S. The van der Waals surface area contributed by atoms with Crippen molar-refractivity contribution in [2.24, 2.45) is 0 Å². The molecule has 0 aliphatic heterocycles. The first-order chi connectivity index (χ1) is 12.0. The summed E-state index contributed by atoms with van der Waals surface area (Å²) in [5.74, 6) is -1.39. The molecule has 0 atom stereocenters. The third kappa shape index (κ3) is 6.25. The predicted molar refractivity (Wildman–Crippen MR) is 97.1 cm³/mol. The fraction of sp³-hybridized carbons (Fsp3) is 0.471. The van der Waals surface area contributed by atoms with Crippen molar-refractivity contribution in [2.75, 3.05) is 12.9 Å². The van der Waals surface area contributed by atoms with Crippen molar-refractivity contribution >= 4 is 41.3 Å². The van der Waals surface area contributed by atoms with Crippen LogP contribution in [0.25, 0.3) is 0 Å². The second-order valence-corrected chi connectivity index (χ2v) is 7.07. The molecule has 136 valence electrons. The molecule has 8 heteroatoms. The van der Waals surface area contributed by atoms with Crippen LogP contribution in [-0.4, -0.2) is 36.8 Å². The smallest absolute Gasteiger partial charge is 0.340 e. The minimum absolute atomic E-state index is 0.0946. The van der Waals surface area contributed by atoms with Gasteiger partial charge in [-0.25, -0.2) is 9.59 Å². The van der Waals surface area contributed by atoms with Crippen LogP contribution in [0.3, 0.4) is 0 Å². The molecule has 2 rings (SSSR count). The van der Waals surface area contributed by atoms with Crippen molar-refractivity contribution in [1.82, 2.24) is 10.6 Å². The van der Waals surface area contributed by atoms with E-state index in [1.165, 1.54) is 18.2 Å². The van der Waals surface area contributed by atoms with Gasteiger partial charge in [0.2, 0.25) is 0 Å². The van der Waals surface area contributed by atoms with Gasteiger partial charge in [0.1, 0.15) is 0 Å². The van der Waals surface area contributed by atoms with Crippen LogP contribution < -0.4 is 10.6 Å². The highest BCUT2D eigenvalue weighted by Crippen LogP contribution is 2.23. The van der Waals surface area contributed by atoms with E-state index in [-0.39, 0.29) is 16.6 Å². The largest absolute Gasteiger partial charge is 0.452 e. The van der Waals surface area contributed by atoms with Gasteiger partial charge in [0, 0.05) is 10.9 Å². The van der Waals surface area contributed by atoms with Gasteiger partial charge in [-0.15, -0.1) is 11.8 Å². The number of hydrogen-bond donors (Lipinski definition) is 2. The lowest BCUT2D eigenvalue weighted by Gasteiger charge is -2.22. The molecular weight excluding hydrogens is 364 g/mol. The van der Waals surface area contributed by atoms with E-state index >= 15 is 0 Å². The molecule has 6 nitrogen and oxygen atoms in total. The lowest BCUT2D eigenvalue weighted by molar-refractivity contribution is -0.123. The van der Waals surface area contributed by atoms with Gasteiger partial charge in [-0.1, -0.05) is 30.9 Å². The third-order valence-corrected chi connectivity index (χ3v) is 4.98. The van der Waals surface area contributed by atoms with Crippen molar-refractivity contribution in [1.29, 1.82) is 0 Å². The van der Waals surface area contributed by atoms with Crippen LogP contribution in [0.1, 0.15) is 42.5 Å². The van der Waals surface area contributed by atoms with Crippen LogP contribution in [0.5, 0.6) is 0 Å². The Bertz CT molecular complexity index is 648. The summed E-state index contributed by atoms with van der Waals surface area (Å²) in [7, 11) is 0. The van der Waals surface area contributed by atoms with E-state index < -0.39 is 24.5 Å². The van der Waals surface area contributed by atoms with Crippen LogP contribution in [0.15, 0.2) is 23.1 Å². The molecule has 1 aliphatic rings. The van der Waals surface area contributed by atoms with Gasteiger partial charge in [-0.2, -0.15) is 0 Å². The summed E-state index contributed by atoms with van der Waals surface area (Å²) in [4.78, 5) is 36.4. The van der Waals surface area contributed by atoms with E-state index in [1.807, 2.05) is 6.26 Å². The number of urea groups is 1. The van der Waals surface area contributed by atoms with E-state index in [4.69, 9.17) is 16.3 Å². The average molecular weight is 385 g/mol. The third-order valence-electron chi connectivity index (χ3n) is 3.92. The zero-order valence-corrected chi connectivity index (χ0v) is 15.5. The summed E-state index contributed by atoms with van der Waals surface area (Å²) >= 11 is 7.44. The number of hydrogen-bond acceptors (Lipinski definition) is 5. The van der Waals surface area contributed by atoms with E-state index in [9.17, 15) is 14.4 Å². The molecule has 1 fully saturated rings. The van der Waals surface area contributed by atoms with Gasteiger partial charge in [0.25, 0.3) is 5.91 Å². The number of amides is 3. The Hall–Kier alpha value is -1.73. The maximum Gasteiger partial charge on any atom is 0.340 e. The molecule has 1 saturated carbocycles. The standard InChI is InChI=1S/C17H21ClN2O4S/c1-25-12-7-8-14(18)13(9-12)16(22)24-10-15(21)20-17(23)19-11-5-3-2-4-6-11/h7-9,11H,2-6,10H2,1H3,(H2,19,20,21,23). The van der Waals surface area contributed by atoms with Gasteiger partial charge < -0.3 is 10.1 Å². The number of nitrogens with one attached hydrogen (secondary N) is 2. The second-order valence-electron chi connectivity index (χ2n) is 5.78. The van der Waals surface area contributed by atoms with Crippen molar-refractivity contribution in [3.63, 3.8) is 0 Å². The van der Waals surface area contributed by atoms with Crippen molar-refractivity contribution in [2.45, 2.75) is 43.0 Å². The number of esters is 1. The van der Waals surface area contributed by atoms with Crippen LogP contribution >= 0.6 is 23.4 Å². The van der Waals surface area contributed by atoms with Crippen LogP contribution in [0.2, 0.25) is 5.02 Å². The summed E-state index contributed by atoms with van der Waals surface area (Å²) in [6.07, 6.45) is 7.03. The molecule has 2 N–H and O–H groups in total. The molecule has 1 aliphatic carbocycles. The summed E-state index contributed by atoms with van der Waals surface area (Å²) < 4.78 is 4.94. The first-order valence-electron chi connectivity index (χ1n) is 8.10. The topological polar surface area (TPSA) is 84.5 Å². The van der Waals surface area contributed by atoms with Gasteiger partial charge in [-0.05, 0) is 37.3 Å². The summed E-state index contributed by atoms with van der Waals surface area (Å²) in [6.45, 7) is -0.545. The normalized spacial score (nSPS) is 14.6. The molecule has 0 heterocycles. The first-order valence-corrected chi connectivity index (χ1v) is 9.71. The highest BCUT2D eigenvalue weighted by molar-refractivity contribution is 7.98. The SMILES string of the molecule is CSc1ccc(Cl)c(C(=O)OCC(=O)NC(=O)NC2CCCCC2)c1. The molecule has 1 aromatic rings. The number of imide groups is 1. The minimum Gasteiger partial charge on any atom is -0.452 e. The molecule has 0 radical (unpaired) electrons. The number of carbonyl (C=O) groups is 3. The first kappa shape index (κ1) is 19.6. The summed E-state index contributed by atoms with van der Waals surface area (Å²) in [6, 6.07) is 4.52. The molecule has 0 bridgehead atoms. The molecule has 3 amide bonds. The minimum atomic E-state index is -0.705. The maximum atomic E-state index is 12.0. The summed E-state index contributed by atoms with van der Waals surface area (Å²) in [5, 5.41) is 5.17. The Morgan fingerprint density at radius 1 is 1.24 bits per heavy atom. The van der Waals surface area contributed by atoms with Gasteiger partial charge in [0.15, 0.2) is 6.61 Å². The van der Waals surface area contributed by atoms with Crippen molar-refractivity contribution in [3.8, 4) is 0 Å².